The Labute approximate surface area is 694 Å². The van der Waals surface area contributed by atoms with Gasteiger partial charge in [0.15, 0.2) is 28.1 Å². The van der Waals surface area contributed by atoms with E-state index in [1.807, 2.05) is 149 Å². The molecule has 1 aliphatic carbocycles. The van der Waals surface area contributed by atoms with E-state index in [0.29, 0.717) is 28.6 Å². The standard InChI is InChI=1S/C84H93N15O17P2S/c1-53(2)99(54(3)4)117(110-41-17-38-85)115-67-45-72(97-51-89-74-76(87-50-88-77(74)97)93-79(101)55-26-32-59(33-27-55)91-82(103)107-43-44-119-8)114-70(67)49-112-118(111-42-18-39-86)116-68-46-73(113-69(68)48-109-84(56-19-10-9-11-20-56,57-28-34-60(105-6)35-29-57)58-30-36-61(106-7)37-31-58)98-52-90-75-78(98)94-81(95-80(75)102)92-71(100)25-16-40-96(5)83(104)108-47-66-64-23-14-12-21-62(64)63-22-13-15-24-65(63)66/h9-15,19-24,26-37,50-54,66-70,72-73H,16-18,25,40-49H2,1-8H3,(H,91,103)(H,87,88,93,101)(H2,92,94,95,100,102)/t67?,68?,69-,70-,72-,73-,117?,118?/m1/s1. The predicted octanol–water partition coefficient (Wildman–Crippen LogP) is 14.5. The minimum absolute atomic E-state index is 0.0247. The fourth-order valence-corrected chi connectivity index (χ4v) is 17.7. The number of aromatic nitrogens is 8. The largest absolute Gasteiger partial charge is 0.497 e. The maximum absolute atomic E-state index is 14.1. The van der Waals surface area contributed by atoms with Crippen molar-refractivity contribution in [2.75, 3.05) is 95.4 Å². The second-order valence-electron chi connectivity index (χ2n) is 28.6. The quantitative estimate of drug-likeness (QED) is 0.0158. The molecule has 4 unspecified atom stereocenters. The molecule has 2 fully saturated rings. The Morgan fingerprint density at radius 1 is 0.655 bits per heavy atom. The van der Waals surface area contributed by atoms with Gasteiger partial charge in [0.05, 0.1) is 90.5 Å². The summed E-state index contributed by atoms with van der Waals surface area (Å²) in [7, 11) is 0.418. The number of H-pyrrole nitrogens is 1. The van der Waals surface area contributed by atoms with Crippen LogP contribution in [0.4, 0.5) is 27.0 Å². The summed E-state index contributed by atoms with van der Waals surface area (Å²) < 4.78 is 83.4. The number of anilines is 3. The molecule has 4 aromatic heterocycles. The highest BCUT2D eigenvalue weighted by atomic mass is 32.2. The van der Waals surface area contributed by atoms with Crippen molar-refractivity contribution in [1.82, 2.24) is 48.6 Å². The molecular formula is C84H93N15O17P2S. The number of ether oxygens (including phenoxy) is 7. The lowest BCUT2D eigenvalue weighted by atomic mass is 9.80. The molecule has 0 saturated carbocycles. The fourth-order valence-electron chi connectivity index (χ4n) is 14.5. The first-order valence-electron chi connectivity index (χ1n) is 38.9. The van der Waals surface area contributed by atoms with E-state index in [2.05, 4.69) is 64.8 Å². The molecule has 8 atom stereocenters. The molecular weight excluding hydrogens is 1590 g/mol. The van der Waals surface area contributed by atoms with Crippen molar-refractivity contribution in [1.29, 1.82) is 10.5 Å². The normalized spacial score (nSPS) is 17.5. The Morgan fingerprint density at radius 2 is 1.24 bits per heavy atom. The Morgan fingerprint density at radius 3 is 1.87 bits per heavy atom. The third-order valence-corrected chi connectivity index (χ3v) is 24.1. The summed E-state index contributed by atoms with van der Waals surface area (Å²) in [5, 5.41) is 28.0. The molecule has 0 bridgehead atoms. The van der Waals surface area contributed by atoms with Crippen molar-refractivity contribution >= 4 is 92.7 Å². The number of fused-ring (bicyclic) bond motifs is 5. The molecule has 4 N–H and O–H groups in total. The van der Waals surface area contributed by atoms with Crippen LogP contribution < -0.4 is 31.0 Å². The number of methoxy groups -OCH3 is 2. The number of nitrogens with one attached hydrogen (secondary N) is 4. The maximum Gasteiger partial charge on any atom is 0.411 e. The lowest BCUT2D eigenvalue weighted by Gasteiger charge is -2.37. The van der Waals surface area contributed by atoms with Gasteiger partial charge in [-0.1, -0.05) is 103 Å². The molecule has 4 amide bonds. The van der Waals surface area contributed by atoms with Crippen molar-refractivity contribution in [3.63, 3.8) is 0 Å². The number of rotatable bonds is 39. The number of hydrogen-bond acceptors (Lipinski definition) is 26. The van der Waals surface area contributed by atoms with Crippen LogP contribution in [0.3, 0.4) is 0 Å². The zero-order chi connectivity index (χ0) is 83.5. The first kappa shape index (κ1) is 86.0. The van der Waals surface area contributed by atoms with E-state index in [0.717, 1.165) is 38.9 Å². The Bertz CT molecular complexity index is 5170. The van der Waals surface area contributed by atoms with E-state index in [-0.39, 0.29) is 137 Å². The molecule has 2 saturated heterocycles. The molecule has 10 aromatic rings. The Kier molecular flexibility index (Phi) is 29.4. The Balaban J connectivity index is 0.776. The molecule has 0 radical (unpaired) electrons. The van der Waals surface area contributed by atoms with Gasteiger partial charge >= 0.3 is 20.8 Å². The molecule has 622 valence electrons. The van der Waals surface area contributed by atoms with Crippen molar-refractivity contribution in [3.8, 4) is 34.8 Å². The number of aromatic amines is 1. The van der Waals surface area contributed by atoms with Crippen molar-refractivity contribution in [2.45, 2.75) is 127 Å². The van der Waals surface area contributed by atoms with E-state index < -0.39 is 89.2 Å². The monoisotopic (exact) mass is 1680 g/mol. The van der Waals surface area contributed by atoms with Crippen LogP contribution >= 0.6 is 28.9 Å². The smallest absolute Gasteiger partial charge is 0.411 e. The Hall–Kier alpha value is -10.9. The summed E-state index contributed by atoms with van der Waals surface area (Å²) in [6.07, 6.45) is -0.139. The molecule has 6 heterocycles. The number of thioether (sulfide) groups is 1. The third-order valence-electron chi connectivity index (χ3n) is 20.2. The number of amides is 4. The lowest BCUT2D eigenvalue weighted by Crippen LogP contribution is -2.38. The maximum atomic E-state index is 14.1. The topological polar surface area (TPSA) is 376 Å². The summed E-state index contributed by atoms with van der Waals surface area (Å²) in [4.78, 5) is 94.6. The second kappa shape index (κ2) is 40.7. The van der Waals surface area contributed by atoms with Gasteiger partial charge in [0.25, 0.3) is 20.0 Å². The van der Waals surface area contributed by atoms with Crippen molar-refractivity contribution in [2.24, 2.45) is 0 Å². The minimum Gasteiger partial charge on any atom is -0.497 e. The number of carbonyl (C=O) groups is 4. The number of hydrogen-bond donors (Lipinski definition) is 4. The van der Waals surface area contributed by atoms with Gasteiger partial charge in [-0.25, -0.2) is 34.2 Å². The highest BCUT2D eigenvalue weighted by Gasteiger charge is 2.47. The van der Waals surface area contributed by atoms with E-state index in [1.54, 1.807) is 66.4 Å². The summed E-state index contributed by atoms with van der Waals surface area (Å²) >= 11 is 1.55. The van der Waals surface area contributed by atoms with Crippen LogP contribution in [0.2, 0.25) is 0 Å². The van der Waals surface area contributed by atoms with Crippen molar-refractivity contribution < 1.29 is 75.0 Å². The van der Waals surface area contributed by atoms with Crippen LogP contribution in [0.25, 0.3) is 33.5 Å². The second-order valence-corrected chi connectivity index (χ2v) is 32.2. The summed E-state index contributed by atoms with van der Waals surface area (Å²) in [5.74, 6) is 0.674. The van der Waals surface area contributed by atoms with E-state index >= 15 is 0 Å². The number of benzene rings is 6. The van der Waals surface area contributed by atoms with Crippen LogP contribution in [0.5, 0.6) is 11.5 Å². The number of imidazole rings is 2. The van der Waals surface area contributed by atoms with Gasteiger partial charge in [0.2, 0.25) is 11.9 Å². The van der Waals surface area contributed by atoms with Gasteiger partial charge < -0.3 is 66.0 Å². The molecule has 119 heavy (non-hydrogen) atoms. The summed E-state index contributed by atoms with van der Waals surface area (Å²) in [6, 6.07) is 51.4. The first-order valence-corrected chi connectivity index (χ1v) is 42.5. The molecule has 6 aromatic carbocycles. The highest BCUT2D eigenvalue weighted by molar-refractivity contribution is 7.98. The molecule has 32 nitrogen and oxygen atoms in total. The molecule has 2 aliphatic heterocycles. The van der Waals surface area contributed by atoms with Gasteiger partial charge in [-0.05, 0) is 128 Å². The predicted molar refractivity (Wildman–Crippen MR) is 446 cm³/mol. The number of nitriles is 2. The van der Waals surface area contributed by atoms with Crippen LogP contribution in [0.15, 0.2) is 175 Å². The molecule has 35 heteroatoms. The molecule has 13 rings (SSSR count). The van der Waals surface area contributed by atoms with Gasteiger partial charge in [-0.15, -0.1) is 0 Å². The summed E-state index contributed by atoms with van der Waals surface area (Å²) in [6.45, 7) is 8.18. The van der Waals surface area contributed by atoms with Crippen LogP contribution in [0, 0.1) is 22.7 Å². The van der Waals surface area contributed by atoms with E-state index in [1.165, 1.54) is 23.9 Å². The zero-order valence-electron chi connectivity index (χ0n) is 66.9. The number of nitrogens with zero attached hydrogens (tertiary/aromatic N) is 11. The molecule has 0 spiro atoms. The minimum atomic E-state index is -2.49. The van der Waals surface area contributed by atoms with E-state index in [4.69, 9.17) is 65.7 Å². The fraction of sp³-hybridized carbons (Fsp3) is 0.381. The van der Waals surface area contributed by atoms with Gasteiger partial charge in [-0.3, -0.25) is 39.1 Å². The average Bonchev–Trinajstić information content (AvgIpc) is 1.49. The number of carbonyl (C=O) groups excluding carboxylic acids is 4. The molecule has 3 aliphatic rings. The van der Waals surface area contributed by atoms with Crippen LogP contribution in [-0.4, -0.2) is 189 Å². The highest BCUT2D eigenvalue weighted by Crippen LogP contribution is 2.53. The SMILES string of the molecule is COc1ccc(C(OC[C@H]2O[C@@H](n3cnc4c(=O)[nH]c(NC(=O)CCCN(C)C(=O)OCC5c6ccccc6-c6ccccc65)nc43)CC2OP(OCCC#N)OC[C@H]2O[C@@H](n3cnc4c(NC(=O)c5ccc(NC(=O)OCCSC)cc5)ncnc43)CC2OP(OCCC#N)N(C(C)C)C(C)C)(c2ccccc2)c2ccc(OC)cc2)cc1. The van der Waals surface area contributed by atoms with Crippen LogP contribution in [-0.2, 0) is 56.7 Å². The lowest BCUT2D eigenvalue weighted by molar-refractivity contribution is -0.116. The first-order chi connectivity index (χ1) is 57.9. The summed E-state index contributed by atoms with van der Waals surface area (Å²) in [5.41, 5.74) is 5.82. The average molecular weight is 1680 g/mol. The zero-order valence-corrected chi connectivity index (χ0v) is 69.5. The van der Waals surface area contributed by atoms with E-state index in [9.17, 15) is 34.5 Å². The van der Waals surface area contributed by atoms with Crippen LogP contribution in [0.1, 0.15) is 123 Å². The van der Waals surface area contributed by atoms with Gasteiger partial charge in [-0.2, -0.15) is 27.3 Å². The van der Waals surface area contributed by atoms with Gasteiger partial charge in [0, 0.05) is 67.9 Å². The van der Waals surface area contributed by atoms with Gasteiger partial charge in [0.1, 0.15) is 61.3 Å². The third kappa shape index (κ3) is 20.5. The van der Waals surface area contributed by atoms with Crippen molar-refractivity contribution in [3.05, 3.63) is 214 Å².